The van der Waals surface area contributed by atoms with Crippen LogP contribution in [0, 0.1) is 11.8 Å². The maximum Gasteiger partial charge on any atom is 0.248 e. The average Bonchev–Trinajstić information content (AvgIpc) is 2.93. The summed E-state index contributed by atoms with van der Waals surface area (Å²) >= 11 is 7.91. The molecule has 0 saturated heterocycles. The first-order valence-electron chi connectivity index (χ1n) is 13.0. The number of aromatic nitrogens is 2. The van der Waals surface area contributed by atoms with Crippen molar-refractivity contribution in [1.82, 2.24) is 9.97 Å². The standard InChI is InChI=1S/C31H33ClN4O2S/c1-5-21(20(2)3)11-8-12-29(37)34-24-14-16-28(38-4)27(18-24)35-31-33-19-26(32)30(36-31)39-25-15-13-22-9-6-7-10-23(22)17-25/h6-10,12-21H,5,11H2,1-4H3,(H,34,37)(H,33,35,36)/b12-8+. The van der Waals surface area contributed by atoms with Crippen molar-refractivity contribution in [2.45, 2.75) is 43.5 Å². The average molecular weight is 561 g/mol. The number of fused-ring (bicyclic) bond motifs is 1. The number of rotatable bonds is 11. The largest absolute Gasteiger partial charge is 0.495 e. The fourth-order valence-corrected chi connectivity index (χ4v) is 5.31. The van der Waals surface area contributed by atoms with E-state index in [1.807, 2.05) is 24.3 Å². The van der Waals surface area contributed by atoms with Gasteiger partial charge in [0.15, 0.2) is 0 Å². The van der Waals surface area contributed by atoms with Crippen LogP contribution in [0.2, 0.25) is 5.02 Å². The van der Waals surface area contributed by atoms with Gasteiger partial charge < -0.3 is 15.4 Å². The Morgan fingerprint density at radius 1 is 1.10 bits per heavy atom. The minimum Gasteiger partial charge on any atom is -0.495 e. The fourth-order valence-electron chi connectivity index (χ4n) is 4.27. The van der Waals surface area contributed by atoms with Crippen molar-refractivity contribution in [2.75, 3.05) is 17.7 Å². The molecule has 0 aliphatic heterocycles. The molecule has 2 N–H and O–H groups in total. The zero-order valence-electron chi connectivity index (χ0n) is 22.6. The summed E-state index contributed by atoms with van der Waals surface area (Å²) in [7, 11) is 1.59. The Morgan fingerprint density at radius 3 is 2.64 bits per heavy atom. The van der Waals surface area contributed by atoms with E-state index in [1.54, 1.807) is 37.6 Å². The monoisotopic (exact) mass is 560 g/mol. The molecule has 1 unspecified atom stereocenters. The zero-order chi connectivity index (χ0) is 27.8. The van der Waals surface area contributed by atoms with Crippen LogP contribution in [0.3, 0.4) is 0 Å². The van der Waals surface area contributed by atoms with E-state index < -0.39 is 0 Å². The molecule has 1 aromatic heterocycles. The normalized spacial score (nSPS) is 12.2. The number of carbonyl (C=O) groups is 1. The van der Waals surface area contributed by atoms with E-state index in [9.17, 15) is 4.79 Å². The second-order valence-corrected chi connectivity index (χ2v) is 11.0. The number of amides is 1. The third-order valence-electron chi connectivity index (χ3n) is 6.54. The van der Waals surface area contributed by atoms with Crippen LogP contribution < -0.4 is 15.4 Å². The Labute approximate surface area is 239 Å². The molecule has 0 spiro atoms. The summed E-state index contributed by atoms with van der Waals surface area (Å²) in [5.74, 6) is 1.92. The molecule has 0 fully saturated rings. The SMILES string of the molecule is CCC(C/C=C/C(=O)Nc1ccc(OC)c(Nc2ncc(Cl)c(Sc3ccc4ccccc4c3)n2)c1)C(C)C. The van der Waals surface area contributed by atoms with E-state index in [2.05, 4.69) is 65.6 Å². The van der Waals surface area contributed by atoms with Gasteiger partial charge in [-0.1, -0.05) is 87.0 Å². The van der Waals surface area contributed by atoms with Gasteiger partial charge in [0.2, 0.25) is 11.9 Å². The van der Waals surface area contributed by atoms with Crippen LogP contribution in [0.4, 0.5) is 17.3 Å². The van der Waals surface area contributed by atoms with Crippen LogP contribution >= 0.6 is 23.4 Å². The first-order valence-corrected chi connectivity index (χ1v) is 14.2. The second-order valence-electron chi connectivity index (χ2n) is 9.54. The van der Waals surface area contributed by atoms with Crippen LogP contribution in [0.5, 0.6) is 5.75 Å². The Bertz CT molecular complexity index is 1470. The van der Waals surface area contributed by atoms with Crippen LogP contribution in [0.15, 0.2) is 88.9 Å². The highest BCUT2D eigenvalue weighted by atomic mass is 35.5. The summed E-state index contributed by atoms with van der Waals surface area (Å²) in [6.45, 7) is 6.60. The van der Waals surface area contributed by atoms with Crippen molar-refractivity contribution in [1.29, 1.82) is 0 Å². The quantitative estimate of drug-likeness (QED) is 0.141. The first-order chi connectivity index (χ1) is 18.9. The van der Waals surface area contributed by atoms with Gasteiger partial charge in [0, 0.05) is 10.6 Å². The van der Waals surface area contributed by atoms with Crippen LogP contribution in [-0.4, -0.2) is 23.0 Å². The van der Waals surface area contributed by atoms with E-state index in [-0.39, 0.29) is 5.91 Å². The summed E-state index contributed by atoms with van der Waals surface area (Å²) in [6.07, 6.45) is 7.09. The number of methoxy groups -OCH3 is 1. The maximum absolute atomic E-state index is 12.5. The molecule has 0 saturated carbocycles. The number of nitrogens with zero attached hydrogens (tertiary/aromatic N) is 2. The minimum atomic E-state index is -0.179. The summed E-state index contributed by atoms with van der Waals surface area (Å²) in [5.41, 5.74) is 1.25. The molecule has 8 heteroatoms. The Hall–Kier alpha value is -3.55. The topological polar surface area (TPSA) is 76.1 Å². The highest BCUT2D eigenvalue weighted by Gasteiger charge is 2.13. The van der Waals surface area contributed by atoms with Gasteiger partial charge in [-0.15, -0.1) is 0 Å². The number of allylic oxidation sites excluding steroid dienone is 1. The van der Waals surface area contributed by atoms with Crippen LogP contribution in [0.25, 0.3) is 10.8 Å². The van der Waals surface area contributed by atoms with Crippen molar-refractivity contribution in [3.05, 3.63) is 84.0 Å². The van der Waals surface area contributed by atoms with Gasteiger partial charge in [0.25, 0.3) is 0 Å². The van der Waals surface area contributed by atoms with Gasteiger partial charge in [-0.3, -0.25) is 4.79 Å². The number of benzene rings is 3. The molecule has 1 amide bonds. The first kappa shape index (κ1) is 28.5. The van der Waals surface area contributed by atoms with Crippen molar-refractivity contribution < 1.29 is 9.53 Å². The Balaban J connectivity index is 1.48. The van der Waals surface area contributed by atoms with E-state index in [0.29, 0.717) is 45.0 Å². The molecular weight excluding hydrogens is 528 g/mol. The van der Waals surface area contributed by atoms with Gasteiger partial charge >= 0.3 is 0 Å². The molecule has 0 bridgehead atoms. The van der Waals surface area contributed by atoms with Crippen molar-refractivity contribution in [3.8, 4) is 5.75 Å². The molecule has 1 heterocycles. The highest BCUT2D eigenvalue weighted by molar-refractivity contribution is 7.99. The highest BCUT2D eigenvalue weighted by Crippen LogP contribution is 2.35. The fraction of sp³-hybridized carbons (Fsp3) is 0.258. The predicted octanol–water partition coefficient (Wildman–Crippen LogP) is 8.75. The minimum absolute atomic E-state index is 0.179. The molecule has 0 radical (unpaired) electrons. The number of halogens is 1. The number of anilines is 3. The number of ether oxygens (including phenoxy) is 1. The Kier molecular flexibility index (Phi) is 9.85. The number of hydrogen-bond acceptors (Lipinski definition) is 6. The molecule has 0 aliphatic carbocycles. The van der Waals surface area contributed by atoms with Gasteiger partial charge in [-0.05, 0) is 65.4 Å². The zero-order valence-corrected chi connectivity index (χ0v) is 24.1. The molecule has 39 heavy (non-hydrogen) atoms. The van der Waals surface area contributed by atoms with Gasteiger partial charge in [-0.2, -0.15) is 0 Å². The summed E-state index contributed by atoms with van der Waals surface area (Å²) in [6, 6.07) is 19.8. The lowest BCUT2D eigenvalue weighted by molar-refractivity contribution is -0.111. The lowest BCUT2D eigenvalue weighted by atomic mass is 9.90. The molecular formula is C31H33ClN4O2S. The maximum atomic E-state index is 12.5. The lowest BCUT2D eigenvalue weighted by Crippen LogP contribution is -2.10. The molecule has 0 aliphatic rings. The van der Waals surface area contributed by atoms with Crippen molar-refractivity contribution in [3.63, 3.8) is 0 Å². The number of hydrogen-bond donors (Lipinski definition) is 2. The summed E-state index contributed by atoms with van der Waals surface area (Å²) < 4.78 is 5.52. The van der Waals surface area contributed by atoms with Gasteiger partial charge in [0.05, 0.1) is 24.0 Å². The molecule has 202 valence electrons. The third kappa shape index (κ3) is 7.74. The number of carbonyl (C=O) groups excluding carboxylic acids is 1. The van der Waals surface area contributed by atoms with E-state index in [1.165, 1.54) is 17.1 Å². The molecule has 1 atom stereocenters. The van der Waals surface area contributed by atoms with Crippen LogP contribution in [-0.2, 0) is 4.79 Å². The van der Waals surface area contributed by atoms with Gasteiger partial charge in [0.1, 0.15) is 10.8 Å². The van der Waals surface area contributed by atoms with Crippen molar-refractivity contribution >= 4 is 57.4 Å². The van der Waals surface area contributed by atoms with E-state index >= 15 is 0 Å². The molecule has 3 aromatic carbocycles. The van der Waals surface area contributed by atoms with E-state index in [0.717, 1.165) is 23.1 Å². The second kappa shape index (κ2) is 13.5. The summed E-state index contributed by atoms with van der Waals surface area (Å²) in [4.78, 5) is 22.5. The lowest BCUT2D eigenvalue weighted by Gasteiger charge is -2.16. The molecule has 4 aromatic rings. The van der Waals surface area contributed by atoms with Crippen LogP contribution in [0.1, 0.15) is 33.6 Å². The predicted molar refractivity (Wildman–Crippen MR) is 162 cm³/mol. The molecule has 4 rings (SSSR count). The number of nitrogens with one attached hydrogen (secondary N) is 2. The third-order valence-corrected chi connectivity index (χ3v) is 7.92. The van der Waals surface area contributed by atoms with E-state index in [4.69, 9.17) is 16.3 Å². The van der Waals surface area contributed by atoms with Crippen molar-refractivity contribution in [2.24, 2.45) is 11.8 Å². The summed E-state index contributed by atoms with van der Waals surface area (Å²) in [5, 5.41) is 9.54. The Morgan fingerprint density at radius 2 is 1.90 bits per heavy atom. The van der Waals surface area contributed by atoms with Gasteiger partial charge in [-0.25, -0.2) is 9.97 Å². The smallest absolute Gasteiger partial charge is 0.248 e. The molecule has 6 nitrogen and oxygen atoms in total.